The van der Waals surface area contributed by atoms with Crippen LogP contribution in [0.5, 0.6) is 11.5 Å². The van der Waals surface area contributed by atoms with Crippen LogP contribution in [0.1, 0.15) is 25.5 Å². The Hall–Kier alpha value is -1.26. The Morgan fingerprint density at radius 3 is 2.16 bits per heavy atom. The Bertz CT molecular complexity index is 393. The van der Waals surface area contributed by atoms with Gasteiger partial charge in [-0.2, -0.15) is 0 Å². The fourth-order valence-corrected chi connectivity index (χ4v) is 2.37. The van der Waals surface area contributed by atoms with Crippen LogP contribution in [-0.2, 0) is 4.74 Å². The summed E-state index contributed by atoms with van der Waals surface area (Å²) >= 11 is 0. The maximum absolute atomic E-state index is 5.63. The first-order valence-electron chi connectivity index (χ1n) is 6.51. The summed E-state index contributed by atoms with van der Waals surface area (Å²) in [6, 6.07) is 5.93. The van der Waals surface area contributed by atoms with Crippen molar-refractivity contribution in [2.45, 2.75) is 26.0 Å². The molecule has 0 radical (unpaired) electrons. The van der Waals surface area contributed by atoms with Crippen LogP contribution in [0.2, 0.25) is 0 Å². The molecule has 0 spiro atoms. The van der Waals surface area contributed by atoms with Gasteiger partial charge < -0.3 is 19.5 Å². The zero-order valence-electron chi connectivity index (χ0n) is 12.7. The molecular weight excluding hydrogens is 242 g/mol. The first-order valence-corrected chi connectivity index (χ1v) is 6.51. The highest BCUT2D eigenvalue weighted by molar-refractivity contribution is 5.43. The minimum atomic E-state index is 0.0749. The number of benzene rings is 1. The lowest BCUT2D eigenvalue weighted by molar-refractivity contribution is 0.0341. The molecule has 0 amide bonds. The van der Waals surface area contributed by atoms with Gasteiger partial charge in [0.15, 0.2) is 0 Å². The van der Waals surface area contributed by atoms with Gasteiger partial charge in [-0.05, 0) is 25.1 Å². The average molecular weight is 267 g/mol. The smallest absolute Gasteiger partial charge is 0.127 e. The summed E-state index contributed by atoms with van der Waals surface area (Å²) in [6.07, 6.45) is 0.0762. The molecule has 1 N–H and O–H groups in total. The normalized spacial score (nSPS) is 14.3. The topological polar surface area (TPSA) is 39.7 Å². The summed E-state index contributed by atoms with van der Waals surface area (Å²) in [5.74, 6) is 1.99. The van der Waals surface area contributed by atoms with Crippen molar-refractivity contribution in [3.05, 3.63) is 23.8 Å². The predicted octanol–water partition coefficient (Wildman–Crippen LogP) is 2.64. The van der Waals surface area contributed by atoms with Crippen molar-refractivity contribution < 1.29 is 14.2 Å². The third-order valence-electron chi connectivity index (χ3n) is 3.34. The summed E-state index contributed by atoms with van der Waals surface area (Å²) in [5.41, 5.74) is 1.08. The van der Waals surface area contributed by atoms with Gasteiger partial charge in [-0.1, -0.05) is 13.8 Å². The van der Waals surface area contributed by atoms with Crippen molar-refractivity contribution >= 4 is 0 Å². The fraction of sp³-hybridized carbons (Fsp3) is 0.600. The van der Waals surface area contributed by atoms with Crippen LogP contribution in [0.3, 0.4) is 0 Å². The SMILES string of the molecule is CNC(c1ccc(OC)cc1OC)C(OC)C(C)C. The molecule has 0 aliphatic rings. The Balaban J connectivity index is 3.16. The summed E-state index contributed by atoms with van der Waals surface area (Å²) in [7, 11) is 6.99. The maximum Gasteiger partial charge on any atom is 0.127 e. The minimum absolute atomic E-state index is 0.0749. The summed E-state index contributed by atoms with van der Waals surface area (Å²) in [6.45, 7) is 4.29. The van der Waals surface area contributed by atoms with E-state index in [1.807, 2.05) is 25.2 Å². The molecule has 1 aromatic carbocycles. The molecule has 4 heteroatoms. The van der Waals surface area contributed by atoms with Gasteiger partial charge >= 0.3 is 0 Å². The molecule has 0 aromatic heterocycles. The monoisotopic (exact) mass is 267 g/mol. The standard InChI is InChI=1S/C15H25NO3/c1-10(2)15(19-6)14(16-3)12-8-7-11(17-4)9-13(12)18-5/h7-10,14-16H,1-6H3. The number of hydrogen-bond donors (Lipinski definition) is 1. The van der Waals surface area contributed by atoms with E-state index in [2.05, 4.69) is 19.2 Å². The quantitative estimate of drug-likeness (QED) is 0.824. The third-order valence-corrected chi connectivity index (χ3v) is 3.34. The predicted molar refractivity (Wildman–Crippen MR) is 77.0 cm³/mol. The molecule has 0 heterocycles. The first kappa shape index (κ1) is 15.8. The van der Waals surface area contributed by atoms with E-state index in [0.717, 1.165) is 17.1 Å². The van der Waals surface area contributed by atoms with E-state index in [4.69, 9.17) is 14.2 Å². The van der Waals surface area contributed by atoms with E-state index in [0.29, 0.717) is 5.92 Å². The van der Waals surface area contributed by atoms with Crippen LogP contribution in [0.15, 0.2) is 18.2 Å². The van der Waals surface area contributed by atoms with E-state index >= 15 is 0 Å². The van der Waals surface area contributed by atoms with Gasteiger partial charge in [0.1, 0.15) is 11.5 Å². The minimum Gasteiger partial charge on any atom is -0.497 e. The second-order valence-electron chi connectivity index (χ2n) is 4.82. The average Bonchev–Trinajstić information content (AvgIpc) is 2.43. The highest BCUT2D eigenvalue weighted by Gasteiger charge is 2.27. The lowest BCUT2D eigenvalue weighted by atomic mass is 9.93. The van der Waals surface area contributed by atoms with E-state index in [-0.39, 0.29) is 12.1 Å². The molecule has 0 fully saturated rings. The Labute approximate surface area is 116 Å². The number of rotatable bonds is 7. The van der Waals surface area contributed by atoms with E-state index in [1.54, 1.807) is 21.3 Å². The van der Waals surface area contributed by atoms with E-state index in [9.17, 15) is 0 Å². The van der Waals surface area contributed by atoms with Crippen molar-refractivity contribution in [3.63, 3.8) is 0 Å². The molecule has 1 rings (SSSR count). The first-order chi connectivity index (χ1) is 9.08. The largest absolute Gasteiger partial charge is 0.497 e. The summed E-state index contributed by atoms with van der Waals surface area (Å²) in [5, 5.41) is 3.32. The molecule has 0 bridgehead atoms. The highest BCUT2D eigenvalue weighted by atomic mass is 16.5. The molecule has 0 aliphatic carbocycles. The van der Waals surface area contributed by atoms with Gasteiger partial charge in [0.2, 0.25) is 0 Å². The maximum atomic E-state index is 5.63. The van der Waals surface area contributed by atoms with E-state index in [1.165, 1.54) is 0 Å². The number of ether oxygens (including phenoxy) is 3. The van der Waals surface area contributed by atoms with Crippen molar-refractivity contribution in [1.29, 1.82) is 0 Å². The van der Waals surface area contributed by atoms with Gasteiger partial charge in [0.25, 0.3) is 0 Å². The van der Waals surface area contributed by atoms with Crippen LogP contribution in [0.4, 0.5) is 0 Å². The Morgan fingerprint density at radius 2 is 1.74 bits per heavy atom. The van der Waals surface area contributed by atoms with Gasteiger partial charge in [-0.15, -0.1) is 0 Å². The molecule has 0 saturated heterocycles. The molecule has 0 saturated carbocycles. The Kier molecular flexibility index (Phi) is 6.12. The number of nitrogens with one attached hydrogen (secondary N) is 1. The number of likely N-dealkylation sites (N-methyl/N-ethyl adjacent to an activating group) is 1. The molecule has 2 unspecified atom stereocenters. The number of hydrogen-bond acceptors (Lipinski definition) is 4. The molecular formula is C15H25NO3. The van der Waals surface area contributed by atoms with Gasteiger partial charge in [0, 0.05) is 18.7 Å². The molecule has 108 valence electrons. The highest BCUT2D eigenvalue weighted by Crippen LogP contribution is 2.33. The van der Waals surface area contributed by atoms with Crippen molar-refractivity contribution in [1.82, 2.24) is 5.32 Å². The molecule has 0 aliphatic heterocycles. The molecule has 4 nitrogen and oxygen atoms in total. The van der Waals surface area contributed by atoms with Crippen molar-refractivity contribution in [3.8, 4) is 11.5 Å². The van der Waals surface area contributed by atoms with Crippen LogP contribution >= 0.6 is 0 Å². The zero-order chi connectivity index (χ0) is 14.4. The number of methoxy groups -OCH3 is 3. The van der Waals surface area contributed by atoms with Crippen LogP contribution in [-0.4, -0.2) is 34.5 Å². The lowest BCUT2D eigenvalue weighted by Gasteiger charge is -2.30. The van der Waals surface area contributed by atoms with Crippen molar-refractivity contribution in [2.75, 3.05) is 28.4 Å². The fourth-order valence-electron chi connectivity index (χ4n) is 2.37. The lowest BCUT2D eigenvalue weighted by Crippen LogP contribution is -2.35. The van der Waals surface area contributed by atoms with E-state index < -0.39 is 0 Å². The van der Waals surface area contributed by atoms with Gasteiger partial charge in [0.05, 0.1) is 26.4 Å². The zero-order valence-corrected chi connectivity index (χ0v) is 12.7. The second-order valence-corrected chi connectivity index (χ2v) is 4.82. The van der Waals surface area contributed by atoms with Crippen molar-refractivity contribution in [2.24, 2.45) is 5.92 Å². The van der Waals surface area contributed by atoms with Crippen LogP contribution in [0, 0.1) is 5.92 Å². The second kappa shape index (κ2) is 7.36. The Morgan fingerprint density at radius 1 is 1.05 bits per heavy atom. The summed E-state index contributed by atoms with van der Waals surface area (Å²) in [4.78, 5) is 0. The molecule has 1 aromatic rings. The van der Waals surface area contributed by atoms with Crippen LogP contribution in [0.25, 0.3) is 0 Å². The van der Waals surface area contributed by atoms with Gasteiger partial charge in [-0.25, -0.2) is 0 Å². The third kappa shape index (κ3) is 3.61. The summed E-state index contributed by atoms with van der Waals surface area (Å²) < 4.78 is 16.3. The van der Waals surface area contributed by atoms with Gasteiger partial charge in [-0.3, -0.25) is 0 Å². The van der Waals surface area contributed by atoms with Crippen LogP contribution < -0.4 is 14.8 Å². The molecule has 2 atom stereocenters. The molecule has 19 heavy (non-hydrogen) atoms.